The average molecular weight is 115 g/mol. The van der Waals surface area contributed by atoms with E-state index < -0.39 is 6.10 Å². The number of rotatable bonds is 3. The van der Waals surface area contributed by atoms with Crippen LogP contribution in [-0.2, 0) is 4.79 Å². The number of carbonyl (C=O) groups is 1. The summed E-state index contributed by atoms with van der Waals surface area (Å²) >= 11 is 0. The Morgan fingerprint density at radius 3 is 2.50 bits per heavy atom. The summed E-state index contributed by atoms with van der Waals surface area (Å²) in [4.78, 5) is 10.2. The second-order valence-electron chi connectivity index (χ2n) is 1.85. The van der Waals surface area contributed by atoms with E-state index in [-0.39, 0.29) is 12.2 Å². The van der Waals surface area contributed by atoms with Crippen LogP contribution >= 0.6 is 0 Å². The van der Waals surface area contributed by atoms with Gasteiger partial charge in [-0.15, -0.1) is 0 Å². The summed E-state index contributed by atoms with van der Waals surface area (Å²) in [5.74, 6) is 0.0150. The summed E-state index contributed by atoms with van der Waals surface area (Å²) in [6.07, 6.45) is 0.121. The lowest BCUT2D eigenvalue weighted by Gasteiger charge is -2.01. The number of aliphatic hydroxyl groups is 1. The van der Waals surface area contributed by atoms with E-state index in [0.29, 0.717) is 6.42 Å². The van der Waals surface area contributed by atoms with E-state index in [1.807, 2.05) is 0 Å². The predicted octanol–water partition coefficient (Wildman–Crippen LogP) is 0.551. The van der Waals surface area contributed by atoms with E-state index in [1.54, 1.807) is 0 Å². The van der Waals surface area contributed by atoms with E-state index >= 15 is 0 Å². The van der Waals surface area contributed by atoms with Gasteiger partial charge >= 0.3 is 0 Å². The molecule has 0 aromatic carbocycles. The maximum atomic E-state index is 10.2. The van der Waals surface area contributed by atoms with Crippen LogP contribution in [0.5, 0.6) is 0 Å². The van der Waals surface area contributed by atoms with Crippen LogP contribution in [0.2, 0.25) is 0 Å². The fourth-order valence-corrected chi connectivity index (χ4v) is 0.434. The van der Waals surface area contributed by atoms with Crippen LogP contribution in [0.1, 0.15) is 19.8 Å². The van der Waals surface area contributed by atoms with Crippen molar-refractivity contribution >= 4 is 5.78 Å². The predicted molar refractivity (Wildman–Crippen MR) is 31.3 cm³/mol. The van der Waals surface area contributed by atoms with Gasteiger partial charge in [0, 0.05) is 6.42 Å². The first-order valence-electron chi connectivity index (χ1n) is 2.63. The molecule has 1 radical (unpaired) electrons. The number of carbonyl (C=O) groups excluding carboxylic acids is 1. The topological polar surface area (TPSA) is 37.3 Å². The number of hydrogen-bond acceptors (Lipinski definition) is 2. The maximum Gasteiger partial charge on any atom is 0.132 e. The minimum atomic E-state index is -0.535. The van der Waals surface area contributed by atoms with Crippen molar-refractivity contribution < 1.29 is 9.90 Å². The molecule has 1 unspecified atom stereocenters. The van der Waals surface area contributed by atoms with E-state index in [0.717, 1.165) is 0 Å². The first kappa shape index (κ1) is 7.63. The van der Waals surface area contributed by atoms with Gasteiger partial charge in [0.2, 0.25) is 0 Å². The number of aliphatic hydroxyl groups excluding tert-OH is 1. The van der Waals surface area contributed by atoms with Crippen LogP contribution in [0.3, 0.4) is 0 Å². The summed E-state index contributed by atoms with van der Waals surface area (Å²) in [5, 5.41) is 8.75. The zero-order chi connectivity index (χ0) is 6.57. The van der Waals surface area contributed by atoms with Gasteiger partial charge in [-0.05, 0) is 13.3 Å². The summed E-state index contributed by atoms with van der Waals surface area (Å²) in [6.45, 7) is 4.89. The quantitative estimate of drug-likeness (QED) is 0.583. The van der Waals surface area contributed by atoms with Gasteiger partial charge in [-0.2, -0.15) is 0 Å². The molecule has 1 atom stereocenters. The Labute approximate surface area is 49.5 Å². The SMILES string of the molecule is [CH2]CC(O)CC(C)=O. The molecule has 0 amide bonds. The molecule has 0 spiro atoms. The molecule has 1 N–H and O–H groups in total. The van der Waals surface area contributed by atoms with E-state index in [4.69, 9.17) is 5.11 Å². The van der Waals surface area contributed by atoms with Gasteiger partial charge in [-0.3, -0.25) is 4.79 Å². The molecule has 8 heavy (non-hydrogen) atoms. The molecule has 2 heteroatoms. The summed E-state index contributed by atoms with van der Waals surface area (Å²) in [7, 11) is 0. The molecule has 0 aliphatic heterocycles. The Balaban J connectivity index is 3.24. The molecule has 0 bridgehead atoms. The van der Waals surface area contributed by atoms with E-state index in [2.05, 4.69) is 6.92 Å². The van der Waals surface area contributed by atoms with Crippen molar-refractivity contribution in [2.24, 2.45) is 0 Å². The summed E-state index contributed by atoms with van der Waals surface area (Å²) in [6, 6.07) is 0. The zero-order valence-corrected chi connectivity index (χ0v) is 5.05. The molecule has 0 saturated heterocycles. The van der Waals surface area contributed by atoms with Crippen molar-refractivity contribution in [3.05, 3.63) is 6.92 Å². The average Bonchev–Trinajstić information content (AvgIpc) is 1.65. The molecule has 0 fully saturated rings. The molecular weight excluding hydrogens is 104 g/mol. The molecule has 0 aromatic rings. The molecule has 0 rings (SSSR count). The Morgan fingerprint density at radius 2 is 2.38 bits per heavy atom. The first-order chi connectivity index (χ1) is 3.66. The summed E-state index contributed by atoms with van der Waals surface area (Å²) < 4.78 is 0. The highest BCUT2D eigenvalue weighted by molar-refractivity contribution is 5.75. The second-order valence-corrected chi connectivity index (χ2v) is 1.85. The fraction of sp³-hybridized carbons (Fsp3) is 0.667. The molecule has 0 aliphatic carbocycles. The lowest BCUT2D eigenvalue weighted by Crippen LogP contribution is -2.08. The highest BCUT2D eigenvalue weighted by atomic mass is 16.3. The third-order valence-electron chi connectivity index (χ3n) is 0.856. The zero-order valence-electron chi connectivity index (χ0n) is 5.05. The monoisotopic (exact) mass is 115 g/mol. The Kier molecular flexibility index (Phi) is 3.44. The van der Waals surface area contributed by atoms with Crippen molar-refractivity contribution in [1.29, 1.82) is 0 Å². The van der Waals surface area contributed by atoms with Crippen LogP contribution in [0.15, 0.2) is 0 Å². The normalized spacial score (nSPS) is 13.4. The second kappa shape index (κ2) is 3.61. The lowest BCUT2D eigenvalue weighted by molar-refractivity contribution is -0.118. The van der Waals surface area contributed by atoms with E-state index in [1.165, 1.54) is 6.92 Å². The van der Waals surface area contributed by atoms with Gasteiger partial charge < -0.3 is 5.11 Å². The Morgan fingerprint density at radius 1 is 1.88 bits per heavy atom. The highest BCUT2D eigenvalue weighted by Crippen LogP contribution is 1.95. The molecule has 0 aromatic heterocycles. The van der Waals surface area contributed by atoms with E-state index in [9.17, 15) is 4.79 Å². The highest BCUT2D eigenvalue weighted by Gasteiger charge is 2.01. The molecule has 47 valence electrons. The van der Waals surface area contributed by atoms with Gasteiger partial charge in [0.1, 0.15) is 5.78 Å². The molecular formula is C6H11O2. The van der Waals surface area contributed by atoms with Crippen molar-refractivity contribution in [1.82, 2.24) is 0 Å². The number of Topliss-reactive ketones (excluding diaryl/α,β-unsaturated/α-hetero) is 1. The van der Waals surface area contributed by atoms with Gasteiger partial charge in [-0.1, -0.05) is 6.92 Å². The van der Waals surface area contributed by atoms with Gasteiger partial charge in [-0.25, -0.2) is 0 Å². The number of hydrogen-bond donors (Lipinski definition) is 1. The van der Waals surface area contributed by atoms with Crippen molar-refractivity contribution in [3.8, 4) is 0 Å². The van der Waals surface area contributed by atoms with Crippen molar-refractivity contribution in [2.45, 2.75) is 25.9 Å². The van der Waals surface area contributed by atoms with Crippen LogP contribution in [-0.4, -0.2) is 17.0 Å². The molecule has 2 nitrogen and oxygen atoms in total. The minimum Gasteiger partial charge on any atom is -0.393 e. The Hall–Kier alpha value is -0.370. The third kappa shape index (κ3) is 3.81. The minimum absolute atomic E-state index is 0.0150. The Bertz CT molecular complexity index is 78.6. The van der Waals surface area contributed by atoms with Gasteiger partial charge in [0.25, 0.3) is 0 Å². The van der Waals surface area contributed by atoms with Crippen LogP contribution in [0.4, 0.5) is 0 Å². The lowest BCUT2D eigenvalue weighted by atomic mass is 10.1. The smallest absolute Gasteiger partial charge is 0.132 e. The first-order valence-corrected chi connectivity index (χ1v) is 2.63. The fourth-order valence-electron chi connectivity index (χ4n) is 0.434. The molecule has 0 aliphatic rings. The van der Waals surface area contributed by atoms with Crippen molar-refractivity contribution in [2.75, 3.05) is 0 Å². The van der Waals surface area contributed by atoms with Gasteiger partial charge in [0.05, 0.1) is 6.10 Å². The maximum absolute atomic E-state index is 10.2. The molecule has 0 saturated carbocycles. The van der Waals surface area contributed by atoms with Crippen LogP contribution < -0.4 is 0 Å². The van der Waals surface area contributed by atoms with Crippen molar-refractivity contribution in [3.63, 3.8) is 0 Å². The van der Waals surface area contributed by atoms with Crippen LogP contribution in [0, 0.1) is 6.92 Å². The van der Waals surface area contributed by atoms with Gasteiger partial charge in [0.15, 0.2) is 0 Å². The standard InChI is InChI=1S/C6H11O2/c1-3-6(8)4-5(2)7/h6,8H,1,3-4H2,2H3. The van der Waals surface area contributed by atoms with Crippen LogP contribution in [0.25, 0.3) is 0 Å². The largest absolute Gasteiger partial charge is 0.393 e. The third-order valence-corrected chi connectivity index (χ3v) is 0.856. The molecule has 0 heterocycles. The number of ketones is 1. The summed E-state index contributed by atoms with van der Waals surface area (Å²) in [5.41, 5.74) is 0.